The summed E-state index contributed by atoms with van der Waals surface area (Å²) in [6.07, 6.45) is 0.379. The SMILES string of the molecule is Cc1ccc(C(=O)Nc2nnc(CCN3C(=O)c4ccccc4C3=O)s2)cc1. The van der Waals surface area contributed by atoms with Crippen LogP contribution in [0.5, 0.6) is 0 Å². The van der Waals surface area contributed by atoms with Gasteiger partial charge in [0.05, 0.1) is 11.1 Å². The Labute approximate surface area is 165 Å². The van der Waals surface area contributed by atoms with E-state index in [9.17, 15) is 14.4 Å². The molecule has 0 unspecified atom stereocenters. The van der Waals surface area contributed by atoms with Crippen LogP contribution in [0.3, 0.4) is 0 Å². The molecular formula is C20H16N4O3S. The highest BCUT2D eigenvalue weighted by molar-refractivity contribution is 7.15. The molecule has 2 aromatic carbocycles. The minimum atomic E-state index is -0.294. The Bertz CT molecular complexity index is 1040. The van der Waals surface area contributed by atoms with Gasteiger partial charge in [-0.3, -0.25) is 24.6 Å². The predicted octanol–water partition coefficient (Wildman–Crippen LogP) is 2.94. The van der Waals surface area contributed by atoms with Crippen molar-refractivity contribution in [3.8, 4) is 0 Å². The van der Waals surface area contributed by atoms with E-state index in [0.29, 0.717) is 33.3 Å². The third kappa shape index (κ3) is 3.41. The van der Waals surface area contributed by atoms with Crippen LogP contribution in [0, 0.1) is 6.92 Å². The summed E-state index contributed by atoms with van der Waals surface area (Å²) in [5.74, 6) is -0.848. The normalized spacial score (nSPS) is 13.0. The summed E-state index contributed by atoms with van der Waals surface area (Å²) >= 11 is 1.23. The van der Waals surface area contributed by atoms with Crippen LogP contribution in [0.2, 0.25) is 0 Å². The van der Waals surface area contributed by atoms with Crippen molar-refractivity contribution in [2.24, 2.45) is 0 Å². The van der Waals surface area contributed by atoms with Gasteiger partial charge in [0.25, 0.3) is 17.7 Å². The summed E-state index contributed by atoms with van der Waals surface area (Å²) in [7, 11) is 0. The lowest BCUT2D eigenvalue weighted by Gasteiger charge is -2.12. The van der Waals surface area contributed by atoms with Crippen LogP contribution in [0.4, 0.5) is 5.13 Å². The molecule has 0 bridgehead atoms. The second-order valence-electron chi connectivity index (χ2n) is 6.38. The second-order valence-corrected chi connectivity index (χ2v) is 7.44. The van der Waals surface area contributed by atoms with Crippen LogP contribution in [0.1, 0.15) is 41.6 Å². The molecule has 0 spiro atoms. The van der Waals surface area contributed by atoms with Crippen molar-refractivity contribution in [3.63, 3.8) is 0 Å². The van der Waals surface area contributed by atoms with Crippen molar-refractivity contribution in [1.82, 2.24) is 15.1 Å². The maximum atomic E-state index is 12.4. The Morgan fingerprint density at radius 1 is 1.00 bits per heavy atom. The fraction of sp³-hybridized carbons (Fsp3) is 0.150. The van der Waals surface area contributed by atoms with Crippen LogP contribution < -0.4 is 5.32 Å². The number of nitrogens with zero attached hydrogens (tertiary/aromatic N) is 3. The highest BCUT2D eigenvalue weighted by Crippen LogP contribution is 2.23. The van der Waals surface area contributed by atoms with E-state index >= 15 is 0 Å². The standard InChI is InChI=1S/C20H16N4O3S/c1-12-6-8-13(9-7-12)17(25)21-20-23-22-16(28-20)10-11-24-18(26)14-4-2-3-5-15(14)19(24)27/h2-9H,10-11H2,1H3,(H,21,23,25). The van der Waals surface area contributed by atoms with Crippen molar-refractivity contribution in [2.45, 2.75) is 13.3 Å². The van der Waals surface area contributed by atoms with Crippen LogP contribution >= 0.6 is 11.3 Å². The lowest BCUT2D eigenvalue weighted by Crippen LogP contribution is -2.31. The van der Waals surface area contributed by atoms with E-state index < -0.39 is 0 Å². The third-order valence-corrected chi connectivity index (χ3v) is 5.33. The summed E-state index contributed by atoms with van der Waals surface area (Å²) in [4.78, 5) is 38.2. The van der Waals surface area contributed by atoms with E-state index in [4.69, 9.17) is 0 Å². The lowest BCUT2D eigenvalue weighted by molar-refractivity contribution is 0.0655. The topological polar surface area (TPSA) is 92.3 Å². The number of fused-ring (bicyclic) bond motifs is 1. The van der Waals surface area contributed by atoms with Crippen molar-refractivity contribution in [3.05, 3.63) is 75.8 Å². The molecule has 0 saturated carbocycles. The zero-order chi connectivity index (χ0) is 19.7. The Kier molecular flexibility index (Phi) is 4.70. The maximum absolute atomic E-state index is 12.4. The number of benzene rings is 2. The van der Waals surface area contributed by atoms with Crippen LogP contribution in [-0.4, -0.2) is 39.4 Å². The maximum Gasteiger partial charge on any atom is 0.261 e. The number of hydrogen-bond donors (Lipinski definition) is 1. The molecule has 8 heteroatoms. The van der Waals surface area contributed by atoms with E-state index in [1.165, 1.54) is 16.2 Å². The lowest BCUT2D eigenvalue weighted by atomic mass is 10.1. The first-order valence-electron chi connectivity index (χ1n) is 8.68. The van der Waals surface area contributed by atoms with Gasteiger partial charge in [-0.05, 0) is 31.2 Å². The van der Waals surface area contributed by atoms with Crippen molar-refractivity contribution >= 4 is 34.2 Å². The molecule has 0 fully saturated rings. The van der Waals surface area contributed by atoms with E-state index in [1.807, 2.05) is 19.1 Å². The summed E-state index contributed by atoms with van der Waals surface area (Å²) in [6.45, 7) is 2.17. The Hall–Kier alpha value is -3.39. The van der Waals surface area contributed by atoms with Crippen LogP contribution in [0.15, 0.2) is 48.5 Å². The summed E-state index contributed by atoms with van der Waals surface area (Å²) in [5.41, 5.74) is 2.46. The fourth-order valence-corrected chi connectivity index (χ4v) is 3.65. The summed E-state index contributed by atoms with van der Waals surface area (Å²) in [6, 6.07) is 14.0. The van der Waals surface area contributed by atoms with Gasteiger partial charge in [-0.25, -0.2) is 0 Å². The predicted molar refractivity (Wildman–Crippen MR) is 105 cm³/mol. The van der Waals surface area contributed by atoms with Crippen LogP contribution in [-0.2, 0) is 6.42 Å². The molecule has 3 aromatic rings. The molecule has 1 aliphatic rings. The first-order valence-corrected chi connectivity index (χ1v) is 9.50. The highest BCUT2D eigenvalue weighted by Gasteiger charge is 2.34. The number of imide groups is 1. The average molecular weight is 392 g/mol. The summed E-state index contributed by atoms with van der Waals surface area (Å²) < 4.78 is 0. The number of carbonyl (C=O) groups is 3. The first-order chi connectivity index (χ1) is 13.5. The number of aromatic nitrogens is 2. The molecule has 7 nitrogen and oxygen atoms in total. The molecule has 1 N–H and O–H groups in total. The number of rotatable bonds is 5. The van der Waals surface area contributed by atoms with Crippen molar-refractivity contribution < 1.29 is 14.4 Å². The van der Waals surface area contributed by atoms with Gasteiger partial charge in [0.15, 0.2) is 0 Å². The molecule has 140 valence electrons. The number of amides is 3. The van der Waals surface area contributed by atoms with E-state index in [-0.39, 0.29) is 24.3 Å². The molecular weight excluding hydrogens is 376 g/mol. The fourth-order valence-electron chi connectivity index (χ4n) is 2.93. The average Bonchev–Trinajstić information content (AvgIpc) is 3.24. The molecule has 0 aliphatic carbocycles. The first kappa shape index (κ1) is 18.0. The zero-order valence-electron chi connectivity index (χ0n) is 15.0. The zero-order valence-corrected chi connectivity index (χ0v) is 15.8. The van der Waals surface area contributed by atoms with E-state index in [2.05, 4.69) is 15.5 Å². The largest absolute Gasteiger partial charge is 0.296 e. The van der Waals surface area contributed by atoms with Gasteiger partial charge in [0.2, 0.25) is 5.13 Å². The van der Waals surface area contributed by atoms with Gasteiger partial charge in [0.1, 0.15) is 5.01 Å². The molecule has 1 aliphatic heterocycles. The van der Waals surface area contributed by atoms with Crippen molar-refractivity contribution in [1.29, 1.82) is 0 Å². The Morgan fingerprint density at radius 3 is 2.29 bits per heavy atom. The minimum Gasteiger partial charge on any atom is -0.296 e. The Balaban J connectivity index is 1.38. The number of nitrogens with one attached hydrogen (secondary N) is 1. The quantitative estimate of drug-likeness (QED) is 0.674. The van der Waals surface area contributed by atoms with Gasteiger partial charge in [0, 0.05) is 18.5 Å². The number of anilines is 1. The number of carbonyl (C=O) groups excluding carboxylic acids is 3. The van der Waals surface area contributed by atoms with Gasteiger partial charge >= 0.3 is 0 Å². The van der Waals surface area contributed by atoms with E-state index in [0.717, 1.165) is 5.56 Å². The minimum absolute atomic E-state index is 0.215. The smallest absolute Gasteiger partial charge is 0.261 e. The van der Waals surface area contributed by atoms with Gasteiger partial charge in [-0.1, -0.05) is 41.2 Å². The third-order valence-electron chi connectivity index (χ3n) is 4.43. The molecule has 28 heavy (non-hydrogen) atoms. The van der Waals surface area contributed by atoms with Gasteiger partial charge < -0.3 is 0 Å². The molecule has 1 aromatic heterocycles. The van der Waals surface area contributed by atoms with Crippen LogP contribution in [0.25, 0.3) is 0 Å². The van der Waals surface area contributed by atoms with Crippen molar-refractivity contribution in [2.75, 3.05) is 11.9 Å². The molecule has 4 rings (SSSR count). The Morgan fingerprint density at radius 2 is 1.64 bits per heavy atom. The molecule has 0 atom stereocenters. The highest BCUT2D eigenvalue weighted by atomic mass is 32.1. The molecule has 3 amide bonds. The molecule has 2 heterocycles. The monoisotopic (exact) mass is 392 g/mol. The van der Waals surface area contributed by atoms with E-state index in [1.54, 1.807) is 36.4 Å². The van der Waals surface area contributed by atoms with Gasteiger partial charge in [-0.2, -0.15) is 0 Å². The number of aryl methyl sites for hydroxylation is 1. The van der Waals surface area contributed by atoms with Gasteiger partial charge in [-0.15, -0.1) is 10.2 Å². The molecule has 0 radical (unpaired) electrons. The number of hydrogen-bond acceptors (Lipinski definition) is 6. The molecule has 0 saturated heterocycles. The second kappa shape index (κ2) is 7.32. The summed E-state index contributed by atoms with van der Waals surface area (Å²) in [5, 5.41) is 11.7.